The first-order valence-corrected chi connectivity index (χ1v) is 14.1. The summed E-state index contributed by atoms with van der Waals surface area (Å²) in [5.41, 5.74) is 2.82. The quantitative estimate of drug-likeness (QED) is 0.280. The Bertz CT molecular complexity index is 1380. The number of nitrogens with zero attached hydrogens (tertiary/aromatic N) is 1. The number of sulfonamides is 1. The Hall–Kier alpha value is -2.87. The summed E-state index contributed by atoms with van der Waals surface area (Å²) in [6, 6.07) is 16.2. The molecule has 0 saturated carbocycles. The molecule has 3 rings (SSSR count). The lowest BCUT2D eigenvalue weighted by Gasteiger charge is -2.27. The monoisotopic (exact) mass is 561 g/mol. The van der Waals surface area contributed by atoms with E-state index in [9.17, 15) is 22.3 Å². The number of nitrogens with one attached hydrogen (secondary N) is 2. The lowest BCUT2D eigenvalue weighted by atomic mass is 9.94. The van der Waals surface area contributed by atoms with E-state index in [4.69, 9.17) is 16.9 Å². The third-order valence-corrected chi connectivity index (χ3v) is 8.24. The normalized spacial score (nSPS) is 13.2. The van der Waals surface area contributed by atoms with E-state index >= 15 is 0 Å². The molecule has 6 nitrogen and oxygen atoms in total. The van der Waals surface area contributed by atoms with Gasteiger partial charge in [-0.05, 0) is 66.3 Å². The van der Waals surface area contributed by atoms with Gasteiger partial charge in [0.25, 0.3) is 0 Å². The van der Waals surface area contributed by atoms with Crippen LogP contribution < -0.4 is 10.0 Å². The molecule has 0 radical (unpaired) electrons. The minimum absolute atomic E-state index is 0.114. The van der Waals surface area contributed by atoms with Gasteiger partial charge in [0.05, 0.1) is 16.7 Å². The molecule has 0 heterocycles. The highest BCUT2D eigenvalue weighted by Gasteiger charge is 2.28. The highest BCUT2D eigenvalue weighted by Crippen LogP contribution is 2.24. The fraction of sp³-hybridized carbons (Fsp3) is 0.321. The molecule has 0 aliphatic carbocycles. The molecule has 0 aromatic heterocycles. The minimum atomic E-state index is -4.16. The molecule has 0 bridgehead atoms. The first kappa shape index (κ1) is 29.7. The molecule has 2 atom stereocenters. The second-order valence-electron chi connectivity index (χ2n) is 9.05. The van der Waals surface area contributed by atoms with Crippen molar-refractivity contribution in [2.24, 2.45) is 5.92 Å². The van der Waals surface area contributed by atoms with E-state index in [0.29, 0.717) is 12.1 Å². The van der Waals surface area contributed by atoms with Crippen molar-refractivity contribution >= 4 is 21.6 Å². The number of aliphatic hydroxyl groups is 1. The predicted octanol–water partition coefficient (Wildman–Crippen LogP) is 4.73. The van der Waals surface area contributed by atoms with E-state index in [1.165, 1.54) is 35.9 Å². The number of hydrogen-bond donors (Lipinski definition) is 3. The second kappa shape index (κ2) is 13.8. The summed E-state index contributed by atoms with van der Waals surface area (Å²) in [6.07, 6.45) is 1.22. The van der Waals surface area contributed by atoms with E-state index in [1.807, 2.05) is 24.3 Å². The standard InChI is InChI=1S/C28H30ClF2N3O3S/c1-2-19-4-3-5-22(10-19)16-33-17-23(18-35)27(8-6-20-11-24(30)14-25(31)12-20)34-38(36,37)28-9-7-21(15-32)13-26(28)29/h3-5,7,9-14,23,27,33-35H,2,6,8,16-18H2,1H3/t23-,27-/m0/s1. The van der Waals surface area contributed by atoms with Gasteiger partial charge < -0.3 is 10.4 Å². The summed E-state index contributed by atoms with van der Waals surface area (Å²) in [4.78, 5) is -0.207. The lowest BCUT2D eigenvalue weighted by Crippen LogP contribution is -2.45. The van der Waals surface area contributed by atoms with Crippen molar-refractivity contribution in [2.75, 3.05) is 13.2 Å². The molecule has 0 unspecified atom stereocenters. The highest BCUT2D eigenvalue weighted by molar-refractivity contribution is 7.89. The van der Waals surface area contributed by atoms with Crippen molar-refractivity contribution in [3.8, 4) is 6.07 Å². The van der Waals surface area contributed by atoms with Crippen molar-refractivity contribution < 1.29 is 22.3 Å². The van der Waals surface area contributed by atoms with Gasteiger partial charge in [0, 0.05) is 37.7 Å². The fourth-order valence-electron chi connectivity index (χ4n) is 4.21. The van der Waals surface area contributed by atoms with Gasteiger partial charge in [-0.3, -0.25) is 0 Å². The number of benzene rings is 3. The number of nitriles is 1. The first-order valence-electron chi connectivity index (χ1n) is 12.2. The molecule has 0 amide bonds. The van der Waals surface area contributed by atoms with Crippen molar-refractivity contribution in [1.82, 2.24) is 10.0 Å². The van der Waals surface area contributed by atoms with Gasteiger partial charge >= 0.3 is 0 Å². The van der Waals surface area contributed by atoms with Crippen LogP contribution in [-0.4, -0.2) is 32.7 Å². The van der Waals surface area contributed by atoms with Crippen LogP contribution in [0.5, 0.6) is 0 Å². The summed E-state index contributed by atoms with van der Waals surface area (Å²) in [6.45, 7) is 2.52. The van der Waals surface area contributed by atoms with Crippen LogP contribution in [0.1, 0.15) is 35.6 Å². The average molecular weight is 562 g/mol. The molecule has 0 aliphatic heterocycles. The number of aryl methyl sites for hydroxylation is 2. The Morgan fingerprint density at radius 1 is 1.03 bits per heavy atom. The second-order valence-corrected chi connectivity index (χ2v) is 11.1. The van der Waals surface area contributed by atoms with Gasteiger partial charge in [-0.25, -0.2) is 21.9 Å². The maximum atomic E-state index is 13.7. The van der Waals surface area contributed by atoms with E-state index in [0.717, 1.165) is 18.1 Å². The van der Waals surface area contributed by atoms with E-state index in [1.54, 1.807) is 0 Å². The van der Waals surface area contributed by atoms with Crippen LogP contribution in [0.3, 0.4) is 0 Å². The zero-order chi connectivity index (χ0) is 27.7. The van der Waals surface area contributed by atoms with Crippen LogP contribution in [0.2, 0.25) is 5.02 Å². The third-order valence-electron chi connectivity index (χ3n) is 6.26. The molecule has 3 aromatic rings. The molecule has 0 fully saturated rings. The maximum Gasteiger partial charge on any atom is 0.242 e. The van der Waals surface area contributed by atoms with Gasteiger partial charge in [0.1, 0.15) is 16.5 Å². The lowest BCUT2D eigenvalue weighted by molar-refractivity contribution is 0.190. The summed E-state index contributed by atoms with van der Waals surface area (Å²) in [5.74, 6) is -2.01. The van der Waals surface area contributed by atoms with Crippen LogP contribution in [0.4, 0.5) is 8.78 Å². The number of hydrogen-bond acceptors (Lipinski definition) is 5. The van der Waals surface area contributed by atoms with Crippen molar-refractivity contribution in [3.63, 3.8) is 0 Å². The Labute approximate surface area is 227 Å². The Morgan fingerprint density at radius 3 is 2.37 bits per heavy atom. The maximum absolute atomic E-state index is 13.7. The largest absolute Gasteiger partial charge is 0.396 e. The molecular formula is C28H30ClF2N3O3S. The molecule has 3 aromatic carbocycles. The average Bonchev–Trinajstić information content (AvgIpc) is 2.88. The molecule has 0 spiro atoms. The molecule has 0 saturated heterocycles. The van der Waals surface area contributed by atoms with Gasteiger partial charge in [-0.1, -0.05) is 42.8 Å². The number of rotatable bonds is 13. The minimum Gasteiger partial charge on any atom is -0.396 e. The molecule has 3 N–H and O–H groups in total. The highest BCUT2D eigenvalue weighted by atomic mass is 35.5. The number of halogens is 3. The van der Waals surface area contributed by atoms with Crippen molar-refractivity contribution in [2.45, 2.75) is 43.7 Å². The smallest absolute Gasteiger partial charge is 0.242 e. The van der Waals surface area contributed by atoms with E-state index in [2.05, 4.69) is 23.0 Å². The summed E-state index contributed by atoms with van der Waals surface area (Å²) in [5, 5.41) is 22.4. The molecule has 202 valence electrons. The van der Waals surface area contributed by atoms with Crippen molar-refractivity contribution in [1.29, 1.82) is 5.26 Å². The predicted molar refractivity (Wildman–Crippen MR) is 143 cm³/mol. The Morgan fingerprint density at radius 2 is 1.74 bits per heavy atom. The van der Waals surface area contributed by atoms with Crippen LogP contribution in [0, 0.1) is 28.9 Å². The zero-order valence-corrected chi connectivity index (χ0v) is 22.5. The van der Waals surface area contributed by atoms with Gasteiger partial charge in [0.2, 0.25) is 10.0 Å². The topological polar surface area (TPSA) is 102 Å². The van der Waals surface area contributed by atoms with Gasteiger partial charge in [0.15, 0.2) is 0 Å². The summed E-state index contributed by atoms with van der Waals surface area (Å²) < 4.78 is 56.6. The van der Waals surface area contributed by atoms with E-state index < -0.39 is 33.6 Å². The van der Waals surface area contributed by atoms with Crippen LogP contribution in [0.25, 0.3) is 0 Å². The summed E-state index contributed by atoms with van der Waals surface area (Å²) >= 11 is 6.16. The molecule has 10 heteroatoms. The third kappa shape index (κ3) is 8.32. The Balaban J connectivity index is 1.81. The SMILES string of the molecule is CCc1cccc(CNC[C@@H](CO)[C@H](CCc2cc(F)cc(F)c2)NS(=O)(=O)c2ccc(C#N)cc2Cl)c1. The van der Waals surface area contributed by atoms with E-state index in [-0.39, 0.29) is 41.5 Å². The molecular weight excluding hydrogens is 532 g/mol. The van der Waals surface area contributed by atoms with Gasteiger partial charge in [-0.15, -0.1) is 0 Å². The zero-order valence-electron chi connectivity index (χ0n) is 20.9. The summed E-state index contributed by atoms with van der Waals surface area (Å²) in [7, 11) is -4.16. The van der Waals surface area contributed by atoms with Crippen LogP contribution >= 0.6 is 11.6 Å². The van der Waals surface area contributed by atoms with Gasteiger partial charge in [-0.2, -0.15) is 5.26 Å². The van der Waals surface area contributed by atoms with Crippen molar-refractivity contribution in [3.05, 3.63) is 99.6 Å². The first-order chi connectivity index (χ1) is 18.1. The van der Waals surface area contributed by atoms with Crippen LogP contribution in [0.15, 0.2) is 65.6 Å². The molecule has 38 heavy (non-hydrogen) atoms. The number of aliphatic hydroxyl groups excluding tert-OH is 1. The molecule has 0 aliphatic rings. The van der Waals surface area contributed by atoms with Crippen LogP contribution in [-0.2, 0) is 29.4 Å². The fourth-order valence-corrected chi connectivity index (χ4v) is 6.10. The Kier molecular flexibility index (Phi) is 10.8.